The van der Waals surface area contributed by atoms with Crippen LogP contribution in [-0.2, 0) is 4.79 Å². The average molecular weight is 194 g/mol. The highest BCUT2D eigenvalue weighted by Crippen LogP contribution is 2.49. The van der Waals surface area contributed by atoms with E-state index in [0.29, 0.717) is 17.6 Å². The van der Waals surface area contributed by atoms with Crippen molar-refractivity contribution >= 4 is 5.78 Å². The molecule has 0 spiro atoms. The maximum absolute atomic E-state index is 12.3. The molecule has 0 amide bonds. The molecule has 2 saturated carbocycles. The molecule has 0 aromatic rings. The fourth-order valence-corrected chi connectivity index (χ4v) is 3.16. The molecule has 2 aliphatic rings. The van der Waals surface area contributed by atoms with Gasteiger partial charge in [-0.2, -0.15) is 0 Å². The molecule has 0 aromatic carbocycles. The van der Waals surface area contributed by atoms with Crippen LogP contribution in [-0.4, -0.2) is 5.78 Å². The molecule has 0 aliphatic heterocycles. The van der Waals surface area contributed by atoms with Crippen LogP contribution in [0, 0.1) is 17.3 Å². The number of rotatable bonds is 4. The second-order valence-corrected chi connectivity index (χ2v) is 5.72. The molecule has 0 saturated heterocycles. The van der Waals surface area contributed by atoms with Gasteiger partial charge in [0.05, 0.1) is 0 Å². The van der Waals surface area contributed by atoms with Crippen LogP contribution < -0.4 is 0 Å². The van der Waals surface area contributed by atoms with Crippen LogP contribution in [0.5, 0.6) is 0 Å². The predicted octanol–water partition coefficient (Wildman–Crippen LogP) is 3.57. The molecule has 14 heavy (non-hydrogen) atoms. The Morgan fingerprint density at radius 2 is 1.86 bits per heavy atom. The Balaban J connectivity index is 2.07. The van der Waals surface area contributed by atoms with E-state index in [9.17, 15) is 4.79 Å². The van der Waals surface area contributed by atoms with E-state index in [1.807, 2.05) is 0 Å². The minimum absolute atomic E-state index is 0.120. The third-order valence-electron chi connectivity index (χ3n) is 3.83. The molecule has 0 unspecified atom stereocenters. The number of Topliss-reactive ketones (excluding diaryl/α,β-unsaturated/α-hetero) is 1. The second-order valence-electron chi connectivity index (χ2n) is 5.72. The van der Waals surface area contributed by atoms with E-state index < -0.39 is 0 Å². The fraction of sp³-hybridized carbons (Fsp3) is 0.923. The number of hydrogen-bond donors (Lipinski definition) is 0. The van der Waals surface area contributed by atoms with E-state index in [1.54, 1.807) is 0 Å². The molecular weight excluding hydrogens is 172 g/mol. The molecule has 0 bridgehead atoms. The van der Waals surface area contributed by atoms with Gasteiger partial charge in [0.1, 0.15) is 5.78 Å². The lowest BCUT2D eigenvalue weighted by atomic mass is 9.73. The molecule has 2 rings (SSSR count). The molecule has 1 nitrogen and oxygen atoms in total. The van der Waals surface area contributed by atoms with Gasteiger partial charge in [0.15, 0.2) is 0 Å². The van der Waals surface area contributed by atoms with E-state index in [2.05, 4.69) is 13.8 Å². The van der Waals surface area contributed by atoms with Crippen molar-refractivity contribution in [3.05, 3.63) is 0 Å². The summed E-state index contributed by atoms with van der Waals surface area (Å²) in [4.78, 5) is 12.3. The Bertz CT molecular complexity index is 219. The number of carbonyl (C=O) groups is 1. The fourth-order valence-electron chi connectivity index (χ4n) is 3.16. The van der Waals surface area contributed by atoms with Crippen molar-refractivity contribution < 1.29 is 4.79 Å². The lowest BCUT2D eigenvalue weighted by molar-refractivity contribution is -0.130. The summed E-state index contributed by atoms with van der Waals surface area (Å²) >= 11 is 0. The van der Waals surface area contributed by atoms with Gasteiger partial charge in [-0.15, -0.1) is 0 Å². The second kappa shape index (κ2) is 3.67. The van der Waals surface area contributed by atoms with E-state index in [1.165, 1.54) is 38.5 Å². The molecule has 2 fully saturated rings. The van der Waals surface area contributed by atoms with E-state index in [-0.39, 0.29) is 5.41 Å². The number of carbonyl (C=O) groups excluding carboxylic acids is 1. The zero-order chi connectivity index (χ0) is 10.2. The summed E-state index contributed by atoms with van der Waals surface area (Å²) in [6, 6.07) is 0. The van der Waals surface area contributed by atoms with Crippen LogP contribution in [0.3, 0.4) is 0 Å². The smallest absolute Gasteiger partial charge is 0.142 e. The minimum atomic E-state index is 0.120. The summed E-state index contributed by atoms with van der Waals surface area (Å²) in [7, 11) is 0. The van der Waals surface area contributed by atoms with Gasteiger partial charge < -0.3 is 0 Å². The lowest BCUT2D eigenvalue weighted by Gasteiger charge is -2.29. The van der Waals surface area contributed by atoms with Crippen molar-refractivity contribution in [1.29, 1.82) is 0 Å². The first kappa shape index (κ1) is 10.2. The van der Waals surface area contributed by atoms with Gasteiger partial charge in [0.2, 0.25) is 0 Å². The van der Waals surface area contributed by atoms with Gasteiger partial charge >= 0.3 is 0 Å². The Morgan fingerprint density at radius 3 is 2.29 bits per heavy atom. The van der Waals surface area contributed by atoms with Gasteiger partial charge in [0.25, 0.3) is 0 Å². The quantitative estimate of drug-likeness (QED) is 0.668. The monoisotopic (exact) mass is 194 g/mol. The Labute approximate surface area is 87.3 Å². The first-order valence-corrected chi connectivity index (χ1v) is 6.18. The average Bonchev–Trinajstić information content (AvgIpc) is 2.86. The summed E-state index contributed by atoms with van der Waals surface area (Å²) in [5.41, 5.74) is 0.120. The van der Waals surface area contributed by atoms with E-state index >= 15 is 0 Å². The highest BCUT2D eigenvalue weighted by atomic mass is 16.1. The minimum Gasteiger partial charge on any atom is -0.299 e. The van der Waals surface area contributed by atoms with Crippen LogP contribution in [0.25, 0.3) is 0 Å². The summed E-state index contributed by atoms with van der Waals surface area (Å²) in [5.74, 6) is 1.77. The van der Waals surface area contributed by atoms with Crippen molar-refractivity contribution in [3.63, 3.8) is 0 Å². The maximum atomic E-state index is 12.3. The normalized spacial score (nSPS) is 25.6. The van der Waals surface area contributed by atoms with E-state index in [4.69, 9.17) is 0 Å². The first-order valence-electron chi connectivity index (χ1n) is 6.18. The zero-order valence-electron chi connectivity index (χ0n) is 9.51. The molecule has 0 atom stereocenters. The summed E-state index contributed by atoms with van der Waals surface area (Å²) < 4.78 is 0. The molecule has 0 radical (unpaired) electrons. The SMILES string of the molecule is CC(C)CC1(C(=O)C2CC2)CCCC1. The molecule has 0 N–H and O–H groups in total. The highest BCUT2D eigenvalue weighted by molar-refractivity contribution is 5.89. The van der Waals surface area contributed by atoms with Gasteiger partial charge in [-0.05, 0) is 38.0 Å². The first-order chi connectivity index (χ1) is 6.64. The topological polar surface area (TPSA) is 17.1 Å². The third kappa shape index (κ3) is 1.87. The van der Waals surface area contributed by atoms with Crippen molar-refractivity contribution in [2.24, 2.45) is 17.3 Å². The molecule has 0 heterocycles. The van der Waals surface area contributed by atoms with Gasteiger partial charge in [0, 0.05) is 11.3 Å². The van der Waals surface area contributed by atoms with Gasteiger partial charge in [-0.1, -0.05) is 26.7 Å². The molecule has 80 valence electrons. The number of hydrogen-bond acceptors (Lipinski definition) is 1. The van der Waals surface area contributed by atoms with Crippen LogP contribution in [0.15, 0.2) is 0 Å². The molecule has 0 aromatic heterocycles. The Kier molecular flexibility index (Phi) is 2.68. The standard InChI is InChI=1S/C13H22O/c1-10(2)9-13(7-3-4-8-13)12(14)11-5-6-11/h10-11H,3-9H2,1-2H3. The Hall–Kier alpha value is -0.330. The molecule has 2 aliphatic carbocycles. The lowest BCUT2D eigenvalue weighted by Crippen LogP contribution is -2.31. The summed E-state index contributed by atoms with van der Waals surface area (Å²) in [5, 5.41) is 0. The predicted molar refractivity (Wildman–Crippen MR) is 58.1 cm³/mol. The van der Waals surface area contributed by atoms with Gasteiger partial charge in [-0.3, -0.25) is 4.79 Å². The van der Waals surface area contributed by atoms with Crippen molar-refractivity contribution in [2.75, 3.05) is 0 Å². The zero-order valence-corrected chi connectivity index (χ0v) is 9.51. The van der Waals surface area contributed by atoms with Crippen LogP contribution in [0.2, 0.25) is 0 Å². The molecular formula is C13H22O. The van der Waals surface area contributed by atoms with Gasteiger partial charge in [-0.25, -0.2) is 0 Å². The summed E-state index contributed by atoms with van der Waals surface area (Å²) in [6.07, 6.45) is 8.43. The van der Waals surface area contributed by atoms with Crippen molar-refractivity contribution in [1.82, 2.24) is 0 Å². The van der Waals surface area contributed by atoms with Crippen LogP contribution in [0.4, 0.5) is 0 Å². The van der Waals surface area contributed by atoms with Crippen molar-refractivity contribution in [2.45, 2.75) is 58.8 Å². The third-order valence-corrected chi connectivity index (χ3v) is 3.83. The number of ketones is 1. The molecule has 1 heteroatoms. The largest absolute Gasteiger partial charge is 0.299 e. The van der Waals surface area contributed by atoms with Crippen molar-refractivity contribution in [3.8, 4) is 0 Å². The Morgan fingerprint density at radius 1 is 1.29 bits per heavy atom. The van der Waals surface area contributed by atoms with E-state index in [0.717, 1.165) is 6.42 Å². The highest BCUT2D eigenvalue weighted by Gasteiger charge is 2.46. The van der Waals surface area contributed by atoms with Crippen LogP contribution in [0.1, 0.15) is 58.8 Å². The maximum Gasteiger partial charge on any atom is 0.142 e. The van der Waals surface area contributed by atoms with Crippen LogP contribution >= 0.6 is 0 Å². The summed E-state index contributed by atoms with van der Waals surface area (Å²) in [6.45, 7) is 4.50.